The van der Waals surface area contributed by atoms with E-state index in [0.717, 1.165) is 11.1 Å². The molecule has 0 saturated heterocycles. The number of halogens is 2. The number of hydrogen-bond acceptors (Lipinski definition) is 3. The van der Waals surface area contributed by atoms with Crippen molar-refractivity contribution < 1.29 is 9.18 Å². The molecule has 4 nitrogen and oxygen atoms in total. The van der Waals surface area contributed by atoms with E-state index in [9.17, 15) is 9.18 Å². The summed E-state index contributed by atoms with van der Waals surface area (Å²) in [5.74, 6) is 0.125. The molecule has 0 unspecified atom stereocenters. The van der Waals surface area contributed by atoms with Crippen LogP contribution in [0.4, 0.5) is 15.9 Å². The molecule has 0 saturated carbocycles. The first kappa shape index (κ1) is 17.9. The van der Waals surface area contributed by atoms with Gasteiger partial charge in [0.25, 0.3) is 5.91 Å². The molecule has 0 radical (unpaired) electrons. The van der Waals surface area contributed by atoms with E-state index in [-0.39, 0.29) is 11.7 Å². The van der Waals surface area contributed by atoms with Gasteiger partial charge in [0.2, 0.25) is 0 Å². The van der Waals surface area contributed by atoms with Crippen LogP contribution in [0.3, 0.4) is 0 Å². The van der Waals surface area contributed by atoms with Crippen molar-refractivity contribution in [1.29, 1.82) is 0 Å². The molecule has 2 aromatic carbocycles. The van der Waals surface area contributed by atoms with E-state index >= 15 is 0 Å². The lowest BCUT2D eigenvalue weighted by molar-refractivity contribution is 0.102. The van der Waals surface area contributed by atoms with Gasteiger partial charge in [-0.3, -0.25) is 4.79 Å². The van der Waals surface area contributed by atoms with Gasteiger partial charge in [-0.05, 0) is 60.5 Å². The molecule has 132 valence electrons. The highest BCUT2D eigenvalue weighted by Crippen LogP contribution is 2.20. The molecule has 0 aliphatic rings. The smallest absolute Gasteiger partial charge is 0.257 e. The highest BCUT2D eigenvalue weighted by atomic mass is 35.5. The highest BCUT2D eigenvalue weighted by Gasteiger charge is 2.09. The Morgan fingerprint density at radius 3 is 2.54 bits per heavy atom. The summed E-state index contributed by atoms with van der Waals surface area (Å²) in [5.41, 5.74) is 2.98. The standard InChI is InChI=1S/C20H17ClFN3O/c1-13-10-16(21)5-8-18(13)25-20(26)15-4-9-19(24-12-15)23-11-14-2-6-17(22)7-3-14/h2-10,12H,11H2,1H3,(H,23,24)(H,25,26). The second-order valence-electron chi connectivity index (χ2n) is 5.83. The van der Waals surface area contributed by atoms with Crippen LogP contribution in [0.25, 0.3) is 0 Å². The Bertz CT molecular complexity index is 911. The number of aromatic nitrogens is 1. The molecule has 1 amide bonds. The highest BCUT2D eigenvalue weighted by molar-refractivity contribution is 6.30. The summed E-state index contributed by atoms with van der Waals surface area (Å²) < 4.78 is 12.9. The van der Waals surface area contributed by atoms with E-state index < -0.39 is 0 Å². The average Bonchev–Trinajstić information content (AvgIpc) is 2.64. The summed E-state index contributed by atoms with van der Waals surface area (Å²) >= 11 is 5.92. The molecule has 1 aromatic heterocycles. The maximum atomic E-state index is 12.9. The van der Waals surface area contributed by atoms with Crippen LogP contribution in [0.5, 0.6) is 0 Å². The maximum absolute atomic E-state index is 12.9. The van der Waals surface area contributed by atoms with E-state index in [1.807, 2.05) is 6.92 Å². The number of carbonyl (C=O) groups excluding carboxylic acids is 1. The number of amides is 1. The predicted molar refractivity (Wildman–Crippen MR) is 102 cm³/mol. The fraction of sp³-hybridized carbons (Fsp3) is 0.100. The summed E-state index contributed by atoms with van der Waals surface area (Å²) in [6.07, 6.45) is 1.51. The first-order valence-corrected chi connectivity index (χ1v) is 8.41. The van der Waals surface area contributed by atoms with Crippen molar-refractivity contribution in [3.05, 3.63) is 88.3 Å². The number of carbonyl (C=O) groups is 1. The summed E-state index contributed by atoms with van der Waals surface area (Å²) in [7, 11) is 0. The quantitative estimate of drug-likeness (QED) is 0.662. The van der Waals surface area contributed by atoms with Gasteiger partial charge >= 0.3 is 0 Å². The number of benzene rings is 2. The topological polar surface area (TPSA) is 54.0 Å². The van der Waals surface area contributed by atoms with Crippen LogP contribution >= 0.6 is 11.6 Å². The number of anilines is 2. The molecule has 0 spiro atoms. The molecule has 0 fully saturated rings. The van der Waals surface area contributed by atoms with Crippen molar-refractivity contribution >= 4 is 29.0 Å². The van der Waals surface area contributed by atoms with Gasteiger partial charge < -0.3 is 10.6 Å². The molecule has 3 rings (SSSR count). The molecular formula is C20H17ClFN3O. The summed E-state index contributed by atoms with van der Waals surface area (Å²) in [5, 5.41) is 6.60. The van der Waals surface area contributed by atoms with Crippen molar-refractivity contribution in [3.8, 4) is 0 Å². The molecule has 0 bridgehead atoms. The first-order chi connectivity index (χ1) is 12.5. The van der Waals surface area contributed by atoms with Crippen molar-refractivity contribution in [3.63, 3.8) is 0 Å². The Kier molecular flexibility index (Phi) is 5.49. The van der Waals surface area contributed by atoms with Crippen LogP contribution in [-0.2, 0) is 6.54 Å². The summed E-state index contributed by atoms with van der Waals surface area (Å²) in [6.45, 7) is 2.39. The van der Waals surface area contributed by atoms with Crippen molar-refractivity contribution in [2.75, 3.05) is 10.6 Å². The SMILES string of the molecule is Cc1cc(Cl)ccc1NC(=O)c1ccc(NCc2ccc(F)cc2)nc1. The van der Waals surface area contributed by atoms with Crippen molar-refractivity contribution in [2.24, 2.45) is 0 Å². The van der Waals surface area contributed by atoms with E-state index in [1.165, 1.54) is 18.3 Å². The second-order valence-corrected chi connectivity index (χ2v) is 6.26. The predicted octanol–water partition coefficient (Wildman–Crippen LogP) is 5.05. The van der Waals surface area contributed by atoms with Crippen LogP contribution in [0, 0.1) is 12.7 Å². The van der Waals surface area contributed by atoms with E-state index in [4.69, 9.17) is 11.6 Å². The summed E-state index contributed by atoms with van der Waals surface area (Å²) in [6, 6.07) is 14.9. The zero-order chi connectivity index (χ0) is 18.5. The van der Waals surface area contributed by atoms with Gasteiger partial charge in [-0.25, -0.2) is 9.37 Å². The lowest BCUT2D eigenvalue weighted by Gasteiger charge is -2.09. The van der Waals surface area contributed by atoms with Crippen molar-refractivity contribution in [2.45, 2.75) is 13.5 Å². The lowest BCUT2D eigenvalue weighted by atomic mass is 10.2. The molecular weight excluding hydrogens is 353 g/mol. The number of nitrogens with one attached hydrogen (secondary N) is 2. The largest absolute Gasteiger partial charge is 0.366 e. The fourth-order valence-electron chi connectivity index (χ4n) is 2.39. The zero-order valence-electron chi connectivity index (χ0n) is 14.1. The Labute approximate surface area is 156 Å². The fourth-order valence-corrected chi connectivity index (χ4v) is 2.62. The zero-order valence-corrected chi connectivity index (χ0v) is 14.8. The third kappa shape index (κ3) is 4.58. The van der Waals surface area contributed by atoms with Crippen LogP contribution < -0.4 is 10.6 Å². The van der Waals surface area contributed by atoms with Gasteiger partial charge in [0.05, 0.1) is 5.56 Å². The Morgan fingerprint density at radius 1 is 1.12 bits per heavy atom. The summed E-state index contributed by atoms with van der Waals surface area (Å²) in [4.78, 5) is 16.6. The molecule has 0 aliphatic carbocycles. The Balaban J connectivity index is 1.61. The number of rotatable bonds is 5. The number of nitrogens with zero attached hydrogens (tertiary/aromatic N) is 1. The van der Waals surface area contributed by atoms with Crippen LogP contribution in [-0.4, -0.2) is 10.9 Å². The molecule has 6 heteroatoms. The molecule has 1 heterocycles. The van der Waals surface area contributed by atoms with E-state index in [1.54, 1.807) is 42.5 Å². The van der Waals surface area contributed by atoms with Gasteiger partial charge in [0.15, 0.2) is 0 Å². The molecule has 3 aromatic rings. The molecule has 0 aliphatic heterocycles. The van der Waals surface area contributed by atoms with Crippen LogP contribution in [0.1, 0.15) is 21.5 Å². The number of hydrogen-bond donors (Lipinski definition) is 2. The van der Waals surface area contributed by atoms with Crippen LogP contribution in [0.15, 0.2) is 60.8 Å². The van der Waals surface area contributed by atoms with Gasteiger partial charge in [0, 0.05) is 23.5 Å². The van der Waals surface area contributed by atoms with Gasteiger partial charge in [-0.15, -0.1) is 0 Å². The molecule has 2 N–H and O–H groups in total. The molecule has 26 heavy (non-hydrogen) atoms. The monoisotopic (exact) mass is 369 g/mol. The lowest BCUT2D eigenvalue weighted by Crippen LogP contribution is -2.13. The minimum Gasteiger partial charge on any atom is -0.366 e. The Morgan fingerprint density at radius 2 is 1.88 bits per heavy atom. The normalized spacial score (nSPS) is 10.4. The van der Waals surface area contributed by atoms with Gasteiger partial charge in [-0.1, -0.05) is 23.7 Å². The minimum absolute atomic E-state index is 0.243. The third-order valence-corrected chi connectivity index (χ3v) is 4.08. The van der Waals surface area contributed by atoms with Crippen LogP contribution in [0.2, 0.25) is 5.02 Å². The van der Waals surface area contributed by atoms with Gasteiger partial charge in [-0.2, -0.15) is 0 Å². The minimum atomic E-state index is -0.266. The van der Waals surface area contributed by atoms with E-state index in [0.29, 0.717) is 28.6 Å². The number of pyridine rings is 1. The van der Waals surface area contributed by atoms with E-state index in [2.05, 4.69) is 15.6 Å². The molecule has 0 atom stereocenters. The average molecular weight is 370 g/mol. The Hall–Kier alpha value is -2.92. The maximum Gasteiger partial charge on any atom is 0.257 e. The number of aryl methyl sites for hydroxylation is 1. The third-order valence-electron chi connectivity index (χ3n) is 3.85. The second kappa shape index (κ2) is 7.97. The van der Waals surface area contributed by atoms with Gasteiger partial charge in [0.1, 0.15) is 11.6 Å². The van der Waals surface area contributed by atoms with Crippen molar-refractivity contribution in [1.82, 2.24) is 4.98 Å². The first-order valence-electron chi connectivity index (χ1n) is 8.03.